The average Bonchev–Trinajstić information content (AvgIpc) is 2.65. The molecule has 1 aromatic heterocycles. The number of carboxylic acid groups (broad SMARTS) is 1. The Hall–Kier alpha value is -1.96. The summed E-state index contributed by atoms with van der Waals surface area (Å²) < 4.78 is 1.53. The first-order valence-corrected chi connectivity index (χ1v) is 7.14. The molecule has 1 N–H and O–H groups in total. The maximum atomic E-state index is 11.4. The third-order valence-corrected chi connectivity index (χ3v) is 3.98. The van der Waals surface area contributed by atoms with Crippen LogP contribution in [-0.2, 0) is 11.3 Å². The van der Waals surface area contributed by atoms with Crippen LogP contribution in [0.1, 0.15) is 31.5 Å². The van der Waals surface area contributed by atoms with Crippen LogP contribution in [0, 0.1) is 17.0 Å². The van der Waals surface area contributed by atoms with Crippen molar-refractivity contribution in [3.05, 3.63) is 22.1 Å². The molecule has 2 rings (SSSR count). The number of nitro groups is 1. The van der Waals surface area contributed by atoms with Crippen molar-refractivity contribution in [3.63, 3.8) is 0 Å². The standard InChI is InChI=1S/C13H20N4O4/c1-10-14-9-12(17(20)21)16(10)8-7-15-6-4-2-3-5-11(15)13(18)19/h9,11H,2-8H2,1H3,(H,18,19). The van der Waals surface area contributed by atoms with Crippen molar-refractivity contribution < 1.29 is 14.8 Å². The van der Waals surface area contributed by atoms with Crippen LogP contribution in [0.3, 0.4) is 0 Å². The van der Waals surface area contributed by atoms with Gasteiger partial charge in [0, 0.05) is 13.5 Å². The normalized spacial score (nSPS) is 20.1. The summed E-state index contributed by atoms with van der Waals surface area (Å²) in [5.74, 6) is -0.286. The van der Waals surface area contributed by atoms with Gasteiger partial charge in [-0.2, -0.15) is 0 Å². The molecule has 2 heterocycles. The summed E-state index contributed by atoms with van der Waals surface area (Å²) in [7, 11) is 0. The third kappa shape index (κ3) is 3.57. The van der Waals surface area contributed by atoms with Crippen LogP contribution < -0.4 is 0 Å². The van der Waals surface area contributed by atoms with Gasteiger partial charge >= 0.3 is 11.8 Å². The Kier molecular flexibility index (Phi) is 4.89. The highest BCUT2D eigenvalue weighted by molar-refractivity contribution is 5.73. The van der Waals surface area contributed by atoms with E-state index in [0.29, 0.717) is 25.3 Å². The van der Waals surface area contributed by atoms with Gasteiger partial charge < -0.3 is 15.2 Å². The first kappa shape index (κ1) is 15.4. The number of aliphatic carboxylic acids is 1. The highest BCUT2D eigenvalue weighted by atomic mass is 16.6. The molecule has 0 spiro atoms. The minimum atomic E-state index is -0.811. The van der Waals surface area contributed by atoms with Gasteiger partial charge in [-0.1, -0.05) is 12.8 Å². The molecule has 1 fully saturated rings. The van der Waals surface area contributed by atoms with E-state index in [1.807, 2.05) is 4.90 Å². The molecule has 1 unspecified atom stereocenters. The zero-order valence-electron chi connectivity index (χ0n) is 12.1. The maximum Gasteiger partial charge on any atom is 0.342 e. The number of carbonyl (C=O) groups is 1. The number of carboxylic acids is 1. The van der Waals surface area contributed by atoms with E-state index in [0.717, 1.165) is 25.8 Å². The minimum Gasteiger partial charge on any atom is -0.480 e. The van der Waals surface area contributed by atoms with Gasteiger partial charge in [0.2, 0.25) is 0 Å². The van der Waals surface area contributed by atoms with Gasteiger partial charge in [-0.3, -0.25) is 9.69 Å². The fourth-order valence-corrected chi connectivity index (χ4v) is 2.82. The van der Waals surface area contributed by atoms with Gasteiger partial charge in [-0.05, 0) is 24.3 Å². The Balaban J connectivity index is 2.08. The molecule has 0 radical (unpaired) electrons. The maximum absolute atomic E-state index is 11.4. The van der Waals surface area contributed by atoms with Crippen molar-refractivity contribution in [1.82, 2.24) is 14.5 Å². The molecule has 116 valence electrons. The van der Waals surface area contributed by atoms with Crippen LogP contribution in [0.15, 0.2) is 6.20 Å². The lowest BCUT2D eigenvalue weighted by molar-refractivity contribution is -0.392. The van der Waals surface area contributed by atoms with Crippen molar-refractivity contribution in [2.75, 3.05) is 13.1 Å². The van der Waals surface area contributed by atoms with Crippen LogP contribution in [0.4, 0.5) is 5.82 Å². The Morgan fingerprint density at radius 2 is 2.24 bits per heavy atom. The number of nitrogens with zero attached hydrogens (tertiary/aromatic N) is 4. The topological polar surface area (TPSA) is 102 Å². The fourth-order valence-electron chi connectivity index (χ4n) is 2.82. The lowest BCUT2D eigenvalue weighted by Gasteiger charge is -2.25. The summed E-state index contributed by atoms with van der Waals surface area (Å²) in [5, 5.41) is 20.3. The summed E-state index contributed by atoms with van der Waals surface area (Å²) in [5.41, 5.74) is 0. The molecule has 1 aliphatic rings. The van der Waals surface area contributed by atoms with E-state index >= 15 is 0 Å². The second-order valence-corrected chi connectivity index (χ2v) is 5.31. The largest absolute Gasteiger partial charge is 0.480 e. The zero-order valence-corrected chi connectivity index (χ0v) is 12.1. The van der Waals surface area contributed by atoms with E-state index in [1.165, 1.54) is 10.8 Å². The molecule has 1 atom stereocenters. The Morgan fingerprint density at radius 1 is 1.48 bits per heavy atom. The monoisotopic (exact) mass is 296 g/mol. The third-order valence-electron chi connectivity index (χ3n) is 3.98. The fraction of sp³-hybridized carbons (Fsp3) is 0.692. The number of hydrogen-bond acceptors (Lipinski definition) is 5. The lowest BCUT2D eigenvalue weighted by atomic mass is 10.1. The molecule has 1 saturated heterocycles. The average molecular weight is 296 g/mol. The Bertz CT molecular complexity index is 528. The zero-order chi connectivity index (χ0) is 15.4. The van der Waals surface area contributed by atoms with E-state index in [9.17, 15) is 20.0 Å². The van der Waals surface area contributed by atoms with Crippen molar-refractivity contribution in [1.29, 1.82) is 0 Å². The van der Waals surface area contributed by atoms with Crippen LogP contribution in [0.5, 0.6) is 0 Å². The molecule has 0 aromatic carbocycles. The lowest BCUT2D eigenvalue weighted by Crippen LogP contribution is -2.42. The molecule has 1 aromatic rings. The predicted octanol–water partition coefficient (Wildman–Crippen LogP) is 1.43. The smallest absolute Gasteiger partial charge is 0.342 e. The van der Waals surface area contributed by atoms with E-state index in [-0.39, 0.29) is 5.82 Å². The number of aryl methyl sites for hydroxylation is 1. The van der Waals surface area contributed by atoms with Crippen molar-refractivity contribution in [2.45, 2.75) is 45.2 Å². The number of hydrogen-bond donors (Lipinski definition) is 1. The molecular weight excluding hydrogens is 276 g/mol. The van der Waals surface area contributed by atoms with Crippen LogP contribution >= 0.6 is 0 Å². The molecule has 0 bridgehead atoms. The summed E-state index contributed by atoms with van der Waals surface area (Å²) in [6, 6.07) is -0.490. The minimum absolute atomic E-state index is 0.0470. The first-order chi connectivity index (χ1) is 10.0. The van der Waals surface area contributed by atoms with Gasteiger partial charge in [0.1, 0.15) is 18.8 Å². The van der Waals surface area contributed by atoms with E-state index in [4.69, 9.17) is 0 Å². The van der Waals surface area contributed by atoms with Crippen molar-refractivity contribution in [3.8, 4) is 0 Å². The summed E-state index contributed by atoms with van der Waals surface area (Å²) in [4.78, 5) is 27.7. The number of likely N-dealkylation sites (tertiary alicyclic amines) is 1. The van der Waals surface area contributed by atoms with Gasteiger partial charge in [-0.15, -0.1) is 0 Å². The summed E-state index contributed by atoms with van der Waals surface area (Å²) in [6.45, 7) is 3.30. The Morgan fingerprint density at radius 3 is 2.90 bits per heavy atom. The summed E-state index contributed by atoms with van der Waals surface area (Å²) in [6.07, 6.45) is 4.80. The SMILES string of the molecule is Cc1ncc([N+](=O)[O-])n1CCN1CCCCCC1C(=O)O. The Labute approximate surface area is 122 Å². The second-order valence-electron chi connectivity index (χ2n) is 5.31. The highest BCUT2D eigenvalue weighted by Gasteiger charge is 2.28. The van der Waals surface area contributed by atoms with E-state index in [2.05, 4.69) is 4.98 Å². The quantitative estimate of drug-likeness (QED) is 0.651. The highest BCUT2D eigenvalue weighted by Crippen LogP contribution is 2.19. The number of aromatic nitrogens is 2. The van der Waals surface area contributed by atoms with Crippen molar-refractivity contribution in [2.24, 2.45) is 0 Å². The van der Waals surface area contributed by atoms with Crippen LogP contribution in [-0.4, -0.2) is 49.6 Å². The van der Waals surface area contributed by atoms with E-state index in [1.54, 1.807) is 6.92 Å². The van der Waals surface area contributed by atoms with E-state index < -0.39 is 16.9 Å². The molecule has 8 nitrogen and oxygen atoms in total. The molecule has 1 aliphatic heterocycles. The van der Waals surface area contributed by atoms with Crippen LogP contribution in [0.2, 0.25) is 0 Å². The number of imidazole rings is 1. The molecular formula is C13H20N4O4. The van der Waals surface area contributed by atoms with Crippen LogP contribution in [0.25, 0.3) is 0 Å². The van der Waals surface area contributed by atoms with Crippen molar-refractivity contribution >= 4 is 11.8 Å². The summed E-state index contributed by atoms with van der Waals surface area (Å²) >= 11 is 0. The van der Waals surface area contributed by atoms with Gasteiger partial charge in [0.05, 0.1) is 0 Å². The van der Waals surface area contributed by atoms with Gasteiger partial charge in [0.25, 0.3) is 0 Å². The molecule has 0 aliphatic carbocycles. The molecule has 0 saturated carbocycles. The first-order valence-electron chi connectivity index (χ1n) is 7.14. The molecule has 0 amide bonds. The van der Waals surface area contributed by atoms with Gasteiger partial charge in [-0.25, -0.2) is 9.55 Å². The number of rotatable bonds is 5. The van der Waals surface area contributed by atoms with Gasteiger partial charge in [0.15, 0.2) is 5.82 Å². The molecule has 8 heteroatoms. The second kappa shape index (κ2) is 6.66. The predicted molar refractivity (Wildman–Crippen MR) is 75.1 cm³/mol. The molecule has 21 heavy (non-hydrogen) atoms.